The molecule has 7 nitrogen and oxygen atoms in total. The Morgan fingerprint density at radius 3 is 2.53 bits per heavy atom. The van der Waals surface area contributed by atoms with Crippen molar-refractivity contribution in [2.24, 2.45) is 4.99 Å². The second-order valence-electron chi connectivity index (χ2n) is 7.49. The Morgan fingerprint density at radius 1 is 1.03 bits per heavy atom. The van der Waals surface area contributed by atoms with Crippen LogP contribution in [-0.4, -0.2) is 34.3 Å². The minimum atomic E-state index is 0.541. The normalized spacial score (nSPS) is 11.5. The number of guanidine groups is 1. The molecule has 0 bridgehead atoms. The number of oxazole rings is 1. The summed E-state index contributed by atoms with van der Waals surface area (Å²) in [5.41, 5.74) is 5.20. The quantitative estimate of drug-likeness (QED) is 0.251. The number of aromatic nitrogens is 3. The van der Waals surface area contributed by atoms with E-state index in [1.165, 1.54) is 5.56 Å². The zero-order chi connectivity index (χ0) is 22.2. The van der Waals surface area contributed by atoms with Gasteiger partial charge in [0.15, 0.2) is 5.96 Å². The van der Waals surface area contributed by atoms with E-state index in [2.05, 4.69) is 51.0 Å². The molecule has 0 radical (unpaired) electrons. The average molecular weight is 429 g/mol. The first-order valence-electron chi connectivity index (χ1n) is 10.8. The van der Waals surface area contributed by atoms with Gasteiger partial charge < -0.3 is 15.1 Å². The lowest BCUT2D eigenvalue weighted by Gasteiger charge is -2.10. The predicted octanol–water partition coefficient (Wildman–Crippen LogP) is 4.13. The van der Waals surface area contributed by atoms with Crippen LogP contribution in [0.3, 0.4) is 0 Å². The van der Waals surface area contributed by atoms with Crippen molar-refractivity contribution in [1.29, 1.82) is 0 Å². The van der Waals surface area contributed by atoms with E-state index in [9.17, 15) is 0 Å². The lowest BCUT2D eigenvalue weighted by Crippen LogP contribution is -2.37. The summed E-state index contributed by atoms with van der Waals surface area (Å²) in [6.07, 6.45) is 5.72. The molecule has 0 amide bonds. The lowest BCUT2D eigenvalue weighted by molar-refractivity contribution is 0.572. The minimum absolute atomic E-state index is 0.541. The summed E-state index contributed by atoms with van der Waals surface area (Å²) in [6.45, 7) is 3.41. The lowest BCUT2D eigenvalue weighted by atomic mass is 10.1. The molecule has 0 atom stereocenters. The van der Waals surface area contributed by atoms with Gasteiger partial charge in [0, 0.05) is 25.4 Å². The second-order valence-corrected chi connectivity index (χ2v) is 7.49. The van der Waals surface area contributed by atoms with Crippen LogP contribution in [0.1, 0.15) is 23.4 Å². The molecule has 0 saturated carbocycles. The summed E-state index contributed by atoms with van der Waals surface area (Å²) in [4.78, 5) is 8.83. The number of para-hydroxylation sites is 1. The van der Waals surface area contributed by atoms with Gasteiger partial charge in [-0.25, -0.2) is 9.67 Å². The first kappa shape index (κ1) is 21.4. The highest BCUT2D eigenvalue weighted by Gasteiger charge is 2.08. The number of aliphatic imine (C=N–C) groups is 1. The first-order valence-corrected chi connectivity index (χ1v) is 10.8. The molecule has 164 valence electrons. The number of hydrogen-bond acceptors (Lipinski definition) is 4. The molecule has 0 fully saturated rings. The van der Waals surface area contributed by atoms with E-state index >= 15 is 0 Å². The molecule has 0 unspecified atom stereocenters. The third-order valence-electron chi connectivity index (χ3n) is 5.17. The van der Waals surface area contributed by atoms with Crippen LogP contribution in [0.4, 0.5) is 0 Å². The minimum Gasteiger partial charge on any atom is -0.444 e. The Hall–Kier alpha value is -3.87. The maximum atomic E-state index is 5.59. The van der Waals surface area contributed by atoms with E-state index in [4.69, 9.17) is 4.42 Å². The van der Waals surface area contributed by atoms with E-state index in [-0.39, 0.29) is 0 Å². The monoisotopic (exact) mass is 428 g/mol. The number of benzene rings is 2. The van der Waals surface area contributed by atoms with Gasteiger partial charge in [-0.05, 0) is 49.6 Å². The molecular formula is C25H28N6O. The van der Waals surface area contributed by atoms with E-state index in [1.807, 2.05) is 53.2 Å². The Balaban J connectivity index is 1.23. The smallest absolute Gasteiger partial charge is 0.226 e. The van der Waals surface area contributed by atoms with Crippen LogP contribution in [0.15, 0.2) is 82.5 Å². The van der Waals surface area contributed by atoms with Crippen LogP contribution in [-0.2, 0) is 13.0 Å². The highest BCUT2D eigenvalue weighted by molar-refractivity contribution is 5.79. The van der Waals surface area contributed by atoms with Gasteiger partial charge in [-0.15, -0.1) is 0 Å². The van der Waals surface area contributed by atoms with Gasteiger partial charge in [0.2, 0.25) is 5.89 Å². The van der Waals surface area contributed by atoms with Crippen molar-refractivity contribution in [1.82, 2.24) is 25.4 Å². The van der Waals surface area contributed by atoms with Crippen LogP contribution in [0, 0.1) is 6.92 Å². The molecule has 4 aromatic rings. The Labute approximate surface area is 188 Å². The number of hydrogen-bond donors (Lipinski definition) is 2. The van der Waals surface area contributed by atoms with Crippen molar-refractivity contribution in [2.45, 2.75) is 26.3 Å². The Kier molecular flexibility index (Phi) is 6.97. The van der Waals surface area contributed by atoms with Crippen molar-refractivity contribution in [3.05, 3.63) is 90.1 Å². The van der Waals surface area contributed by atoms with Gasteiger partial charge in [-0.1, -0.05) is 36.4 Å². The highest BCUT2D eigenvalue weighted by atomic mass is 16.3. The fourth-order valence-electron chi connectivity index (χ4n) is 3.44. The van der Waals surface area contributed by atoms with Crippen LogP contribution < -0.4 is 10.6 Å². The summed E-state index contributed by atoms with van der Waals surface area (Å²) in [5, 5.41) is 11.3. The van der Waals surface area contributed by atoms with E-state index in [1.54, 1.807) is 13.3 Å². The summed E-state index contributed by atoms with van der Waals surface area (Å²) in [5.74, 6) is 1.36. The first-order chi connectivity index (χ1) is 15.7. The molecule has 2 heterocycles. The predicted molar refractivity (Wildman–Crippen MR) is 127 cm³/mol. The number of nitrogens with one attached hydrogen (secondary N) is 2. The summed E-state index contributed by atoms with van der Waals surface area (Å²) in [7, 11) is 1.77. The van der Waals surface area contributed by atoms with Crippen LogP contribution >= 0.6 is 0 Å². The molecule has 0 saturated heterocycles. The highest BCUT2D eigenvalue weighted by Crippen LogP contribution is 2.17. The number of aryl methyl sites for hydroxylation is 2. The van der Waals surface area contributed by atoms with Crippen molar-refractivity contribution >= 4 is 5.96 Å². The van der Waals surface area contributed by atoms with Gasteiger partial charge >= 0.3 is 0 Å². The second kappa shape index (κ2) is 10.4. The fourth-order valence-corrected chi connectivity index (χ4v) is 3.44. The van der Waals surface area contributed by atoms with Crippen molar-refractivity contribution < 1.29 is 4.42 Å². The number of rotatable bonds is 8. The zero-order valence-electron chi connectivity index (χ0n) is 18.5. The maximum absolute atomic E-state index is 5.59. The zero-order valence-corrected chi connectivity index (χ0v) is 18.5. The average Bonchev–Trinajstić information content (AvgIpc) is 3.46. The molecule has 0 aliphatic heterocycles. The van der Waals surface area contributed by atoms with Gasteiger partial charge in [-0.3, -0.25) is 4.99 Å². The van der Waals surface area contributed by atoms with E-state index < -0.39 is 0 Å². The molecule has 2 aromatic heterocycles. The van der Waals surface area contributed by atoms with E-state index in [0.29, 0.717) is 12.4 Å². The van der Waals surface area contributed by atoms with E-state index in [0.717, 1.165) is 48.0 Å². The number of nitrogens with zero attached hydrogens (tertiary/aromatic N) is 4. The molecule has 2 aromatic carbocycles. The van der Waals surface area contributed by atoms with Crippen LogP contribution in [0.25, 0.3) is 17.1 Å². The topological polar surface area (TPSA) is 80.3 Å². The standard InChI is InChI=1S/C25H28N6O/c1-19-21(17-31(30-19)23-13-7-4-8-14-23)12-9-15-27-25(26-2)28-16-22-18-32-24(29-22)20-10-5-3-6-11-20/h3-8,10-11,13-14,17-18H,9,12,15-16H2,1-2H3,(H2,26,27,28). The van der Waals surface area contributed by atoms with Crippen molar-refractivity contribution in [3.8, 4) is 17.1 Å². The Morgan fingerprint density at radius 2 is 1.78 bits per heavy atom. The molecule has 2 N–H and O–H groups in total. The van der Waals surface area contributed by atoms with Crippen molar-refractivity contribution in [2.75, 3.05) is 13.6 Å². The van der Waals surface area contributed by atoms with Gasteiger partial charge in [0.05, 0.1) is 23.6 Å². The summed E-state index contributed by atoms with van der Waals surface area (Å²) in [6, 6.07) is 20.1. The van der Waals surface area contributed by atoms with Gasteiger partial charge in [0.1, 0.15) is 6.26 Å². The van der Waals surface area contributed by atoms with Crippen molar-refractivity contribution in [3.63, 3.8) is 0 Å². The SMILES string of the molecule is CN=C(NCCCc1cn(-c2ccccc2)nc1C)NCc1coc(-c2ccccc2)n1. The molecule has 32 heavy (non-hydrogen) atoms. The largest absolute Gasteiger partial charge is 0.444 e. The summed E-state index contributed by atoms with van der Waals surface area (Å²) < 4.78 is 7.53. The van der Waals surface area contributed by atoms with Crippen LogP contribution in [0.5, 0.6) is 0 Å². The van der Waals surface area contributed by atoms with Gasteiger partial charge in [-0.2, -0.15) is 5.10 Å². The molecule has 0 aliphatic carbocycles. The molecule has 0 spiro atoms. The summed E-state index contributed by atoms with van der Waals surface area (Å²) >= 11 is 0. The third kappa shape index (κ3) is 5.43. The molecule has 7 heteroatoms. The third-order valence-corrected chi connectivity index (χ3v) is 5.17. The molecule has 4 rings (SSSR count). The molecular weight excluding hydrogens is 400 g/mol. The van der Waals surface area contributed by atoms with Gasteiger partial charge in [0.25, 0.3) is 0 Å². The Bertz CT molecular complexity index is 1150. The van der Waals surface area contributed by atoms with Crippen LogP contribution in [0.2, 0.25) is 0 Å². The molecule has 0 aliphatic rings. The fraction of sp³-hybridized carbons (Fsp3) is 0.240. The maximum Gasteiger partial charge on any atom is 0.226 e.